The molecular formula is C28H36N4O8. The van der Waals surface area contributed by atoms with Gasteiger partial charge in [0.25, 0.3) is 11.5 Å². The number of esters is 1. The third-order valence-electron chi connectivity index (χ3n) is 5.26. The number of methoxy groups -OCH3 is 1. The molecule has 12 heteroatoms. The summed E-state index contributed by atoms with van der Waals surface area (Å²) in [6.07, 6.45) is 6.98. The van der Waals surface area contributed by atoms with E-state index in [9.17, 15) is 28.8 Å². The first kappa shape index (κ1) is 33.3. The van der Waals surface area contributed by atoms with Crippen LogP contribution in [0.25, 0.3) is 0 Å². The molecule has 2 rings (SSSR count). The Morgan fingerprint density at radius 2 is 1.70 bits per heavy atom. The lowest BCUT2D eigenvalue weighted by Gasteiger charge is -2.18. The van der Waals surface area contributed by atoms with Crippen molar-refractivity contribution in [2.45, 2.75) is 52.1 Å². The number of rotatable bonds is 13. The van der Waals surface area contributed by atoms with Gasteiger partial charge in [-0.3, -0.25) is 24.0 Å². The number of carbonyl (C=O) groups excluding carboxylic acids is 4. The van der Waals surface area contributed by atoms with Crippen molar-refractivity contribution in [1.82, 2.24) is 15.2 Å². The Hall–Kier alpha value is -4.74. The van der Waals surface area contributed by atoms with Crippen LogP contribution in [0.4, 0.5) is 5.69 Å². The Morgan fingerprint density at radius 3 is 2.30 bits per heavy atom. The average molecular weight is 557 g/mol. The van der Waals surface area contributed by atoms with Crippen LogP contribution in [-0.4, -0.2) is 59.0 Å². The summed E-state index contributed by atoms with van der Waals surface area (Å²) in [7, 11) is 1.23. The van der Waals surface area contributed by atoms with E-state index in [0.29, 0.717) is 5.56 Å². The predicted octanol–water partition coefficient (Wildman–Crippen LogP) is 2.10. The van der Waals surface area contributed by atoms with E-state index in [2.05, 4.69) is 34.5 Å². The van der Waals surface area contributed by atoms with E-state index in [4.69, 9.17) is 5.11 Å². The molecule has 0 aliphatic carbocycles. The number of nitrogens with zero attached hydrogens (tertiary/aromatic N) is 1. The van der Waals surface area contributed by atoms with Crippen LogP contribution in [0.5, 0.6) is 0 Å². The number of aliphatic carboxylic acids is 1. The van der Waals surface area contributed by atoms with E-state index in [1.54, 1.807) is 30.3 Å². The number of unbranched alkanes of at least 4 members (excludes halogenated alkanes) is 1. The summed E-state index contributed by atoms with van der Waals surface area (Å²) in [5, 5.41) is 15.9. The van der Waals surface area contributed by atoms with Gasteiger partial charge in [-0.25, -0.2) is 4.79 Å². The molecule has 4 N–H and O–H groups in total. The van der Waals surface area contributed by atoms with Gasteiger partial charge in [0.2, 0.25) is 11.8 Å². The van der Waals surface area contributed by atoms with Gasteiger partial charge in [0, 0.05) is 17.8 Å². The molecule has 2 aromatic rings. The topological polar surface area (TPSA) is 173 Å². The molecule has 0 saturated heterocycles. The van der Waals surface area contributed by atoms with Gasteiger partial charge in [-0.1, -0.05) is 51.0 Å². The van der Waals surface area contributed by atoms with E-state index in [1.807, 2.05) is 0 Å². The van der Waals surface area contributed by atoms with Gasteiger partial charge in [-0.05, 0) is 37.1 Å². The van der Waals surface area contributed by atoms with E-state index < -0.39 is 54.4 Å². The number of carbonyl (C=O) groups is 5. The quantitative estimate of drug-likeness (QED) is 0.214. The third kappa shape index (κ3) is 12.7. The van der Waals surface area contributed by atoms with E-state index >= 15 is 0 Å². The Bertz CT molecular complexity index is 1220. The highest BCUT2D eigenvalue weighted by molar-refractivity contribution is 6.01. The van der Waals surface area contributed by atoms with Crippen LogP contribution in [0, 0.1) is 0 Å². The van der Waals surface area contributed by atoms with Crippen molar-refractivity contribution >= 4 is 35.3 Å². The molecular weight excluding hydrogens is 520 g/mol. The highest BCUT2D eigenvalue weighted by Gasteiger charge is 2.22. The molecule has 40 heavy (non-hydrogen) atoms. The van der Waals surface area contributed by atoms with Crippen molar-refractivity contribution in [3.05, 3.63) is 76.7 Å². The van der Waals surface area contributed by atoms with E-state index in [-0.39, 0.29) is 18.5 Å². The molecule has 0 saturated carbocycles. The standard InChI is InChI=1S/C24H26N4O8.C4H10/c1-36-21(32)12-6-5-10-17(26-22(33)16-8-3-2-4-9-16)23(34)27-18-11-7-13-28(24(18)35)15-19(29)25-14-20(30)31;1-3-4-2/h2-4,6-9,11-13,17H,5,10,14-15H2,1H3,(H,25,29)(H,26,33)(H,27,34)(H,30,31);3-4H2,1-2H3/b12-6+;. The lowest BCUT2D eigenvalue weighted by atomic mass is 10.1. The number of allylic oxidation sites excluding steroid dienone is 1. The number of hydrogen-bond acceptors (Lipinski definition) is 7. The largest absolute Gasteiger partial charge is 0.480 e. The van der Waals surface area contributed by atoms with Gasteiger partial charge in [0.1, 0.15) is 24.8 Å². The summed E-state index contributed by atoms with van der Waals surface area (Å²) < 4.78 is 5.52. The smallest absolute Gasteiger partial charge is 0.330 e. The van der Waals surface area contributed by atoms with Crippen molar-refractivity contribution < 1.29 is 33.8 Å². The number of nitrogens with one attached hydrogen (secondary N) is 3. The fourth-order valence-corrected chi connectivity index (χ4v) is 2.97. The SMILES string of the molecule is CCCC.COC(=O)/C=C/CCC(NC(=O)c1ccccc1)C(=O)Nc1cccn(CC(=O)NCC(=O)O)c1=O. The lowest BCUT2D eigenvalue weighted by molar-refractivity contribution is -0.138. The van der Waals surface area contributed by atoms with Gasteiger partial charge in [0.15, 0.2) is 0 Å². The molecule has 1 aromatic carbocycles. The van der Waals surface area contributed by atoms with Crippen molar-refractivity contribution in [2.75, 3.05) is 19.0 Å². The molecule has 1 atom stereocenters. The molecule has 216 valence electrons. The zero-order chi connectivity index (χ0) is 29.9. The van der Waals surface area contributed by atoms with Crippen LogP contribution in [0.15, 0.2) is 65.6 Å². The van der Waals surface area contributed by atoms with Crippen LogP contribution in [0.2, 0.25) is 0 Å². The zero-order valence-electron chi connectivity index (χ0n) is 22.8. The lowest BCUT2D eigenvalue weighted by Crippen LogP contribution is -2.44. The van der Waals surface area contributed by atoms with Gasteiger partial charge >= 0.3 is 11.9 Å². The Morgan fingerprint density at radius 1 is 1.02 bits per heavy atom. The number of carboxylic acids is 1. The van der Waals surface area contributed by atoms with Crippen molar-refractivity contribution in [1.29, 1.82) is 0 Å². The maximum atomic E-state index is 13.0. The van der Waals surface area contributed by atoms with Crippen LogP contribution in [-0.2, 0) is 30.5 Å². The number of anilines is 1. The van der Waals surface area contributed by atoms with Crippen molar-refractivity contribution in [3.63, 3.8) is 0 Å². The predicted molar refractivity (Wildman–Crippen MR) is 149 cm³/mol. The number of benzene rings is 1. The first-order chi connectivity index (χ1) is 19.1. The molecule has 0 aliphatic rings. The second kappa shape index (κ2) is 18.5. The molecule has 0 fully saturated rings. The molecule has 0 bridgehead atoms. The van der Waals surface area contributed by atoms with Crippen LogP contribution >= 0.6 is 0 Å². The van der Waals surface area contributed by atoms with E-state index in [0.717, 1.165) is 4.57 Å². The van der Waals surface area contributed by atoms with Gasteiger partial charge < -0.3 is 30.4 Å². The summed E-state index contributed by atoms with van der Waals surface area (Å²) in [6, 6.07) is 9.92. The number of amides is 3. The van der Waals surface area contributed by atoms with Crippen LogP contribution < -0.4 is 21.5 Å². The molecule has 1 heterocycles. The third-order valence-corrected chi connectivity index (χ3v) is 5.26. The summed E-state index contributed by atoms with van der Waals surface area (Å²) in [4.78, 5) is 72.0. The van der Waals surface area contributed by atoms with Gasteiger partial charge in [-0.2, -0.15) is 0 Å². The van der Waals surface area contributed by atoms with Crippen LogP contribution in [0.1, 0.15) is 49.9 Å². The highest BCUT2D eigenvalue weighted by atomic mass is 16.5. The number of carboxylic acid groups (broad SMARTS) is 1. The monoisotopic (exact) mass is 556 g/mol. The summed E-state index contributed by atoms with van der Waals surface area (Å²) in [5.41, 5.74) is -0.512. The van der Waals surface area contributed by atoms with E-state index in [1.165, 1.54) is 50.4 Å². The first-order valence-electron chi connectivity index (χ1n) is 12.7. The zero-order valence-corrected chi connectivity index (χ0v) is 22.8. The maximum Gasteiger partial charge on any atom is 0.330 e. The number of aromatic nitrogens is 1. The number of hydrogen-bond donors (Lipinski definition) is 4. The molecule has 1 aromatic heterocycles. The number of ether oxygens (including phenoxy) is 1. The highest BCUT2D eigenvalue weighted by Crippen LogP contribution is 2.07. The second-order valence-corrected chi connectivity index (χ2v) is 8.41. The summed E-state index contributed by atoms with van der Waals surface area (Å²) in [6.45, 7) is 3.31. The van der Waals surface area contributed by atoms with Gasteiger partial charge in [-0.15, -0.1) is 0 Å². The Labute approximate surface area is 232 Å². The fourth-order valence-electron chi connectivity index (χ4n) is 2.97. The molecule has 0 radical (unpaired) electrons. The minimum absolute atomic E-state index is 0.108. The van der Waals surface area contributed by atoms with Crippen LogP contribution in [0.3, 0.4) is 0 Å². The molecule has 1 unspecified atom stereocenters. The Balaban J connectivity index is 0.00000187. The number of pyridine rings is 1. The minimum Gasteiger partial charge on any atom is -0.480 e. The fraction of sp³-hybridized carbons (Fsp3) is 0.357. The summed E-state index contributed by atoms with van der Waals surface area (Å²) >= 11 is 0. The molecule has 3 amide bonds. The van der Waals surface area contributed by atoms with Gasteiger partial charge in [0.05, 0.1) is 7.11 Å². The normalized spacial score (nSPS) is 11.0. The molecule has 0 spiro atoms. The average Bonchev–Trinajstić information content (AvgIpc) is 2.95. The molecule has 12 nitrogen and oxygen atoms in total. The second-order valence-electron chi connectivity index (χ2n) is 8.41. The maximum absolute atomic E-state index is 13.0. The van der Waals surface area contributed by atoms with Crippen molar-refractivity contribution in [2.24, 2.45) is 0 Å². The minimum atomic E-state index is -1.23. The summed E-state index contributed by atoms with van der Waals surface area (Å²) in [5.74, 6) is -3.69. The first-order valence-corrected chi connectivity index (χ1v) is 12.7. The molecule has 0 aliphatic heterocycles. The Kier molecular flexibility index (Phi) is 15.4. The van der Waals surface area contributed by atoms with Crippen molar-refractivity contribution in [3.8, 4) is 0 Å².